The molecule has 0 amide bonds. The Bertz CT molecular complexity index is 453. The van der Waals surface area contributed by atoms with Crippen LogP contribution < -0.4 is 0 Å². The van der Waals surface area contributed by atoms with Gasteiger partial charge < -0.3 is 15.1 Å². The quantitative estimate of drug-likeness (QED) is 0.890. The highest BCUT2D eigenvalue weighted by Gasteiger charge is 2.11. The van der Waals surface area contributed by atoms with Gasteiger partial charge in [-0.15, -0.1) is 0 Å². The molecular formula is C16H21ClN2O2. The van der Waals surface area contributed by atoms with Crippen molar-refractivity contribution in [3.05, 3.63) is 65.4 Å². The topological polar surface area (TPSA) is 56.6 Å². The minimum atomic E-state index is -0.654. The number of hydrogen-bond donors (Lipinski definition) is 2. The van der Waals surface area contributed by atoms with Crippen LogP contribution >= 0.6 is 11.6 Å². The van der Waals surface area contributed by atoms with Gasteiger partial charge >= 0.3 is 0 Å². The van der Waals surface area contributed by atoms with E-state index >= 15 is 0 Å². The fourth-order valence-electron chi connectivity index (χ4n) is 1.62. The van der Waals surface area contributed by atoms with Gasteiger partial charge in [0.2, 0.25) is 0 Å². The predicted molar refractivity (Wildman–Crippen MR) is 85.2 cm³/mol. The molecule has 1 aromatic carbocycles. The molecule has 21 heavy (non-hydrogen) atoms. The lowest BCUT2D eigenvalue weighted by molar-refractivity contribution is 0.112. The standard InChI is InChI=1S/C10H15ClN2O2.C6H6/c1-13(4-5-14)7-10(15)9-3-2-8(11)6-12-9;1-2-4-6-5-3-1/h2-3,6,10,14-15H,4-5,7H2,1H3;1-6H. The van der Waals surface area contributed by atoms with Crippen molar-refractivity contribution in [1.82, 2.24) is 9.88 Å². The molecule has 0 fully saturated rings. The lowest BCUT2D eigenvalue weighted by atomic mass is 10.2. The van der Waals surface area contributed by atoms with Crippen molar-refractivity contribution in [2.75, 3.05) is 26.7 Å². The average Bonchev–Trinajstić information content (AvgIpc) is 2.50. The molecule has 114 valence electrons. The van der Waals surface area contributed by atoms with Crippen molar-refractivity contribution in [1.29, 1.82) is 0 Å². The van der Waals surface area contributed by atoms with Crippen LogP contribution in [0.25, 0.3) is 0 Å². The summed E-state index contributed by atoms with van der Waals surface area (Å²) in [5, 5.41) is 19.0. The van der Waals surface area contributed by atoms with E-state index in [0.29, 0.717) is 23.8 Å². The minimum Gasteiger partial charge on any atom is -0.395 e. The second-order valence-corrected chi connectivity index (χ2v) is 4.99. The van der Waals surface area contributed by atoms with E-state index in [1.807, 2.05) is 48.3 Å². The van der Waals surface area contributed by atoms with Crippen LogP contribution in [0, 0.1) is 0 Å². The first kappa shape index (κ1) is 17.6. The van der Waals surface area contributed by atoms with E-state index in [0.717, 1.165) is 0 Å². The van der Waals surface area contributed by atoms with E-state index in [1.54, 1.807) is 12.1 Å². The first-order valence-corrected chi connectivity index (χ1v) is 7.10. The first-order valence-electron chi connectivity index (χ1n) is 6.72. The molecule has 2 rings (SSSR count). The Balaban J connectivity index is 0.000000304. The molecule has 1 atom stereocenters. The van der Waals surface area contributed by atoms with Crippen molar-refractivity contribution >= 4 is 11.6 Å². The number of aromatic nitrogens is 1. The lowest BCUT2D eigenvalue weighted by Crippen LogP contribution is -2.27. The summed E-state index contributed by atoms with van der Waals surface area (Å²) in [5.74, 6) is 0. The lowest BCUT2D eigenvalue weighted by Gasteiger charge is -2.18. The van der Waals surface area contributed by atoms with Crippen LogP contribution in [0.5, 0.6) is 0 Å². The monoisotopic (exact) mass is 308 g/mol. The molecule has 2 aromatic rings. The molecule has 0 saturated heterocycles. The number of likely N-dealkylation sites (N-methyl/N-ethyl adjacent to an activating group) is 1. The van der Waals surface area contributed by atoms with Gasteiger partial charge in [0.15, 0.2) is 0 Å². The number of aliphatic hydroxyl groups is 2. The van der Waals surface area contributed by atoms with Gasteiger partial charge in [-0.3, -0.25) is 4.98 Å². The molecule has 2 N–H and O–H groups in total. The Labute approximate surface area is 130 Å². The summed E-state index contributed by atoms with van der Waals surface area (Å²) in [6.45, 7) is 1.05. The van der Waals surface area contributed by atoms with E-state index in [-0.39, 0.29) is 6.61 Å². The summed E-state index contributed by atoms with van der Waals surface area (Å²) in [6, 6.07) is 15.4. The largest absolute Gasteiger partial charge is 0.395 e. The highest BCUT2D eigenvalue weighted by molar-refractivity contribution is 6.30. The van der Waals surface area contributed by atoms with Crippen molar-refractivity contribution in [2.45, 2.75) is 6.10 Å². The molecule has 0 spiro atoms. The Hall–Kier alpha value is -1.46. The molecule has 0 radical (unpaired) electrons. The maximum absolute atomic E-state index is 9.78. The number of aliphatic hydroxyl groups excluding tert-OH is 2. The van der Waals surface area contributed by atoms with Gasteiger partial charge in [-0.05, 0) is 19.2 Å². The Morgan fingerprint density at radius 2 is 1.71 bits per heavy atom. The highest BCUT2D eigenvalue weighted by atomic mass is 35.5. The number of pyridine rings is 1. The van der Waals surface area contributed by atoms with E-state index in [2.05, 4.69) is 4.98 Å². The van der Waals surface area contributed by atoms with Gasteiger partial charge in [0, 0.05) is 19.3 Å². The average molecular weight is 309 g/mol. The van der Waals surface area contributed by atoms with Crippen LogP contribution in [0.3, 0.4) is 0 Å². The Morgan fingerprint density at radius 1 is 1.14 bits per heavy atom. The van der Waals surface area contributed by atoms with Crippen molar-refractivity contribution in [2.24, 2.45) is 0 Å². The third-order valence-electron chi connectivity index (χ3n) is 2.72. The van der Waals surface area contributed by atoms with Crippen LogP contribution in [0.4, 0.5) is 0 Å². The molecule has 0 aliphatic carbocycles. The van der Waals surface area contributed by atoms with Crippen LogP contribution in [0.1, 0.15) is 11.8 Å². The number of nitrogens with zero attached hydrogens (tertiary/aromatic N) is 2. The summed E-state index contributed by atoms with van der Waals surface area (Å²) in [5.41, 5.74) is 0.587. The molecule has 4 nitrogen and oxygen atoms in total. The number of benzene rings is 1. The van der Waals surface area contributed by atoms with Gasteiger partial charge in [-0.2, -0.15) is 0 Å². The normalized spacial score (nSPS) is 11.7. The van der Waals surface area contributed by atoms with E-state index in [9.17, 15) is 5.11 Å². The zero-order chi connectivity index (χ0) is 15.5. The summed E-state index contributed by atoms with van der Waals surface area (Å²) in [4.78, 5) is 5.85. The molecule has 0 aliphatic heterocycles. The zero-order valence-corrected chi connectivity index (χ0v) is 12.8. The number of hydrogen-bond acceptors (Lipinski definition) is 4. The van der Waals surface area contributed by atoms with Gasteiger partial charge in [0.1, 0.15) is 6.10 Å². The Kier molecular flexibility index (Phi) is 8.62. The maximum Gasteiger partial charge on any atom is 0.109 e. The second kappa shape index (κ2) is 10.3. The molecule has 1 unspecified atom stereocenters. The number of rotatable bonds is 5. The van der Waals surface area contributed by atoms with Crippen LogP contribution in [-0.4, -0.2) is 46.8 Å². The summed E-state index contributed by atoms with van der Waals surface area (Å²) in [6.07, 6.45) is 0.852. The summed E-state index contributed by atoms with van der Waals surface area (Å²) in [7, 11) is 1.83. The van der Waals surface area contributed by atoms with Crippen LogP contribution in [-0.2, 0) is 0 Å². The first-order chi connectivity index (χ1) is 10.1. The van der Waals surface area contributed by atoms with E-state index < -0.39 is 6.10 Å². The van der Waals surface area contributed by atoms with Crippen molar-refractivity contribution in [3.63, 3.8) is 0 Å². The Morgan fingerprint density at radius 3 is 2.14 bits per heavy atom. The highest BCUT2D eigenvalue weighted by Crippen LogP contribution is 2.13. The van der Waals surface area contributed by atoms with Crippen LogP contribution in [0.15, 0.2) is 54.7 Å². The summed E-state index contributed by atoms with van der Waals surface area (Å²) < 4.78 is 0. The smallest absolute Gasteiger partial charge is 0.109 e. The maximum atomic E-state index is 9.78. The molecule has 0 saturated carbocycles. The predicted octanol–water partition coefficient (Wildman–Crippen LogP) is 2.38. The molecule has 1 heterocycles. The number of halogens is 1. The SMILES string of the molecule is CN(CCO)CC(O)c1ccc(Cl)cn1.c1ccccc1. The minimum absolute atomic E-state index is 0.0806. The molecular weight excluding hydrogens is 288 g/mol. The van der Waals surface area contributed by atoms with Gasteiger partial charge in [-0.25, -0.2) is 0 Å². The molecule has 1 aromatic heterocycles. The van der Waals surface area contributed by atoms with Crippen LogP contribution in [0.2, 0.25) is 5.02 Å². The molecule has 5 heteroatoms. The third-order valence-corrected chi connectivity index (χ3v) is 2.95. The fraction of sp³-hybridized carbons (Fsp3) is 0.312. The molecule has 0 bridgehead atoms. The van der Waals surface area contributed by atoms with E-state index in [4.69, 9.17) is 16.7 Å². The molecule has 0 aliphatic rings. The zero-order valence-electron chi connectivity index (χ0n) is 12.1. The van der Waals surface area contributed by atoms with E-state index in [1.165, 1.54) is 6.20 Å². The van der Waals surface area contributed by atoms with Gasteiger partial charge in [-0.1, -0.05) is 48.0 Å². The second-order valence-electron chi connectivity index (χ2n) is 4.56. The summed E-state index contributed by atoms with van der Waals surface area (Å²) >= 11 is 5.68. The van der Waals surface area contributed by atoms with Crippen molar-refractivity contribution < 1.29 is 10.2 Å². The van der Waals surface area contributed by atoms with Gasteiger partial charge in [0.25, 0.3) is 0 Å². The van der Waals surface area contributed by atoms with Crippen molar-refractivity contribution in [3.8, 4) is 0 Å². The third kappa shape index (κ3) is 7.78. The fourth-order valence-corrected chi connectivity index (χ4v) is 1.73. The van der Waals surface area contributed by atoms with Gasteiger partial charge in [0.05, 0.1) is 17.3 Å².